The summed E-state index contributed by atoms with van der Waals surface area (Å²) in [5.41, 5.74) is 1.88. The third-order valence-corrected chi connectivity index (χ3v) is 2.55. The molecular formula is C13H9ClN2O2. The summed E-state index contributed by atoms with van der Waals surface area (Å²) in [4.78, 5) is 14.0. The summed E-state index contributed by atoms with van der Waals surface area (Å²) >= 11 is 5.68. The molecule has 0 saturated carbocycles. The molecule has 0 aliphatic rings. The van der Waals surface area contributed by atoms with Gasteiger partial charge in [-0.25, -0.2) is 4.98 Å². The van der Waals surface area contributed by atoms with Gasteiger partial charge < -0.3 is 0 Å². The average Bonchev–Trinajstić information content (AvgIpc) is 2.38. The summed E-state index contributed by atoms with van der Waals surface area (Å²) in [5, 5.41) is 10.9. The first-order valence-corrected chi connectivity index (χ1v) is 5.57. The van der Waals surface area contributed by atoms with Gasteiger partial charge in [0.1, 0.15) is 5.15 Å². The number of non-ortho nitro benzene ring substituents is 1. The lowest BCUT2D eigenvalue weighted by molar-refractivity contribution is -0.384. The zero-order chi connectivity index (χ0) is 13.0. The standard InChI is InChI=1S/C13H9ClN2O2/c14-13-8-5-11(9-15-13)2-1-10-3-6-12(7-4-10)16(17)18/h1-9H/b2-1+. The molecule has 5 heteroatoms. The molecular weight excluding hydrogens is 252 g/mol. The van der Waals surface area contributed by atoms with E-state index in [9.17, 15) is 10.1 Å². The predicted octanol–water partition coefficient (Wildman–Crippen LogP) is 3.81. The van der Waals surface area contributed by atoms with Gasteiger partial charge in [0.05, 0.1) is 4.92 Å². The fourth-order valence-electron chi connectivity index (χ4n) is 1.39. The van der Waals surface area contributed by atoms with Crippen LogP contribution in [0.1, 0.15) is 11.1 Å². The number of hydrogen-bond acceptors (Lipinski definition) is 3. The maximum absolute atomic E-state index is 10.5. The molecule has 0 N–H and O–H groups in total. The Kier molecular flexibility index (Phi) is 3.69. The number of nitrogens with zero attached hydrogens (tertiary/aromatic N) is 2. The van der Waals surface area contributed by atoms with E-state index in [1.165, 1.54) is 12.1 Å². The zero-order valence-corrected chi connectivity index (χ0v) is 10.0. The van der Waals surface area contributed by atoms with Crippen molar-refractivity contribution in [1.29, 1.82) is 0 Å². The van der Waals surface area contributed by atoms with E-state index in [0.717, 1.165) is 11.1 Å². The van der Waals surface area contributed by atoms with Crippen LogP contribution < -0.4 is 0 Å². The number of aromatic nitrogens is 1. The quantitative estimate of drug-likeness (QED) is 0.479. The number of benzene rings is 1. The van der Waals surface area contributed by atoms with Crippen molar-refractivity contribution < 1.29 is 4.92 Å². The van der Waals surface area contributed by atoms with Gasteiger partial charge in [-0.3, -0.25) is 10.1 Å². The minimum Gasteiger partial charge on any atom is -0.258 e. The molecule has 1 aromatic heterocycles. The van der Waals surface area contributed by atoms with Gasteiger partial charge in [-0.05, 0) is 29.3 Å². The molecule has 0 bridgehead atoms. The number of pyridine rings is 1. The SMILES string of the molecule is O=[N+]([O-])c1ccc(/C=C/c2ccc(Cl)nc2)cc1. The van der Waals surface area contributed by atoms with Crippen molar-refractivity contribution in [3.8, 4) is 0 Å². The molecule has 0 spiro atoms. The Morgan fingerprint density at radius 2 is 1.67 bits per heavy atom. The highest BCUT2D eigenvalue weighted by Crippen LogP contribution is 2.14. The van der Waals surface area contributed by atoms with E-state index < -0.39 is 4.92 Å². The van der Waals surface area contributed by atoms with E-state index in [-0.39, 0.29) is 5.69 Å². The Hall–Kier alpha value is -2.20. The van der Waals surface area contributed by atoms with Gasteiger partial charge in [-0.15, -0.1) is 0 Å². The second kappa shape index (κ2) is 5.42. The van der Waals surface area contributed by atoms with Gasteiger partial charge >= 0.3 is 0 Å². The Labute approximate surface area is 109 Å². The number of hydrogen-bond donors (Lipinski definition) is 0. The minimum absolute atomic E-state index is 0.0836. The largest absolute Gasteiger partial charge is 0.269 e. The van der Waals surface area contributed by atoms with Crippen LogP contribution >= 0.6 is 11.6 Å². The van der Waals surface area contributed by atoms with E-state index in [4.69, 9.17) is 11.6 Å². The summed E-state index contributed by atoms with van der Waals surface area (Å²) in [7, 11) is 0. The lowest BCUT2D eigenvalue weighted by Crippen LogP contribution is -1.86. The maximum atomic E-state index is 10.5. The van der Waals surface area contributed by atoms with E-state index in [0.29, 0.717) is 5.15 Å². The van der Waals surface area contributed by atoms with Crippen molar-refractivity contribution in [2.24, 2.45) is 0 Å². The number of halogens is 1. The van der Waals surface area contributed by atoms with Crippen LogP contribution in [-0.2, 0) is 0 Å². The van der Waals surface area contributed by atoms with Gasteiger partial charge in [0.15, 0.2) is 0 Å². The molecule has 0 unspecified atom stereocenters. The van der Waals surface area contributed by atoms with Gasteiger partial charge in [0.25, 0.3) is 5.69 Å². The molecule has 0 fully saturated rings. The van der Waals surface area contributed by atoms with Crippen LogP contribution in [0.25, 0.3) is 12.2 Å². The Morgan fingerprint density at radius 1 is 1.06 bits per heavy atom. The second-order valence-electron chi connectivity index (χ2n) is 3.60. The molecule has 1 heterocycles. The minimum atomic E-state index is -0.420. The highest BCUT2D eigenvalue weighted by molar-refractivity contribution is 6.29. The molecule has 2 aromatic rings. The van der Waals surface area contributed by atoms with Crippen LogP contribution in [0.15, 0.2) is 42.6 Å². The lowest BCUT2D eigenvalue weighted by Gasteiger charge is -1.95. The van der Waals surface area contributed by atoms with Crippen molar-refractivity contribution in [1.82, 2.24) is 4.98 Å². The molecule has 0 radical (unpaired) electrons. The molecule has 90 valence electrons. The predicted molar refractivity (Wildman–Crippen MR) is 71.3 cm³/mol. The first-order valence-electron chi connectivity index (χ1n) is 5.19. The average molecular weight is 261 g/mol. The van der Waals surface area contributed by atoms with Gasteiger partial charge in [0, 0.05) is 18.3 Å². The molecule has 18 heavy (non-hydrogen) atoms. The Morgan fingerprint density at radius 3 is 2.22 bits per heavy atom. The van der Waals surface area contributed by atoms with Crippen LogP contribution in [0.4, 0.5) is 5.69 Å². The van der Waals surface area contributed by atoms with E-state index in [1.807, 2.05) is 18.2 Å². The fourth-order valence-corrected chi connectivity index (χ4v) is 1.50. The van der Waals surface area contributed by atoms with E-state index in [2.05, 4.69) is 4.98 Å². The van der Waals surface area contributed by atoms with Crippen LogP contribution in [0, 0.1) is 10.1 Å². The molecule has 0 aliphatic heterocycles. The monoisotopic (exact) mass is 260 g/mol. The zero-order valence-electron chi connectivity index (χ0n) is 9.29. The van der Waals surface area contributed by atoms with E-state index >= 15 is 0 Å². The normalized spacial score (nSPS) is 10.7. The Balaban J connectivity index is 2.13. The first kappa shape index (κ1) is 12.3. The molecule has 0 aliphatic carbocycles. The Bertz CT molecular complexity index is 577. The van der Waals surface area contributed by atoms with Crippen molar-refractivity contribution >= 4 is 29.4 Å². The van der Waals surface area contributed by atoms with Crippen molar-refractivity contribution in [2.45, 2.75) is 0 Å². The fraction of sp³-hybridized carbons (Fsp3) is 0. The summed E-state index contributed by atoms with van der Waals surface area (Å²) in [6.07, 6.45) is 5.38. The van der Waals surface area contributed by atoms with Gasteiger partial charge in [-0.1, -0.05) is 29.8 Å². The maximum Gasteiger partial charge on any atom is 0.269 e. The smallest absolute Gasteiger partial charge is 0.258 e. The van der Waals surface area contributed by atoms with Crippen molar-refractivity contribution in [3.63, 3.8) is 0 Å². The highest BCUT2D eigenvalue weighted by Gasteiger charge is 2.01. The number of nitro groups is 1. The van der Waals surface area contributed by atoms with Crippen molar-refractivity contribution in [2.75, 3.05) is 0 Å². The summed E-state index contributed by atoms with van der Waals surface area (Å²) in [6.45, 7) is 0. The van der Waals surface area contributed by atoms with Gasteiger partial charge in [-0.2, -0.15) is 0 Å². The molecule has 0 atom stereocenters. The molecule has 0 amide bonds. The highest BCUT2D eigenvalue weighted by atomic mass is 35.5. The number of nitro benzene ring substituents is 1. The van der Waals surface area contributed by atoms with Crippen LogP contribution in [0.3, 0.4) is 0 Å². The van der Waals surface area contributed by atoms with E-state index in [1.54, 1.807) is 24.4 Å². The van der Waals surface area contributed by atoms with Crippen LogP contribution in [0.5, 0.6) is 0 Å². The molecule has 4 nitrogen and oxygen atoms in total. The third-order valence-electron chi connectivity index (χ3n) is 2.32. The summed E-state index contributed by atoms with van der Waals surface area (Å²) in [5.74, 6) is 0. The second-order valence-corrected chi connectivity index (χ2v) is 3.98. The summed E-state index contributed by atoms with van der Waals surface area (Å²) < 4.78 is 0. The lowest BCUT2D eigenvalue weighted by atomic mass is 10.1. The first-order chi connectivity index (χ1) is 8.65. The molecule has 1 aromatic carbocycles. The third kappa shape index (κ3) is 3.15. The summed E-state index contributed by atoms with van der Waals surface area (Å²) in [6, 6.07) is 9.88. The van der Waals surface area contributed by atoms with Crippen molar-refractivity contribution in [3.05, 3.63) is 69.0 Å². The van der Waals surface area contributed by atoms with Gasteiger partial charge in [0.2, 0.25) is 0 Å². The molecule has 0 saturated heterocycles. The van der Waals surface area contributed by atoms with Crippen LogP contribution in [-0.4, -0.2) is 9.91 Å². The topological polar surface area (TPSA) is 56.0 Å². The van der Waals surface area contributed by atoms with Crippen LogP contribution in [0.2, 0.25) is 5.15 Å². The number of rotatable bonds is 3. The molecule has 2 rings (SSSR count).